The Hall–Kier alpha value is -0.870. The molecule has 0 aromatic carbocycles. The van der Waals surface area contributed by atoms with Gasteiger partial charge in [0, 0.05) is 32.4 Å². The molecule has 1 saturated heterocycles. The van der Waals surface area contributed by atoms with Gasteiger partial charge >= 0.3 is 0 Å². The summed E-state index contributed by atoms with van der Waals surface area (Å²) < 4.78 is 1.85. The van der Waals surface area contributed by atoms with E-state index in [4.69, 9.17) is 5.73 Å². The summed E-state index contributed by atoms with van der Waals surface area (Å²) in [5.74, 6) is 0. The predicted molar refractivity (Wildman–Crippen MR) is 55.7 cm³/mol. The van der Waals surface area contributed by atoms with Gasteiger partial charge < -0.3 is 5.73 Å². The molecule has 2 heterocycles. The summed E-state index contributed by atoms with van der Waals surface area (Å²) in [4.78, 5) is 2.39. The average molecular weight is 194 g/mol. The number of nitrogens with zero attached hydrogens (tertiary/aromatic N) is 3. The highest BCUT2D eigenvalue weighted by atomic mass is 15.3. The van der Waals surface area contributed by atoms with Crippen LogP contribution in [0.5, 0.6) is 0 Å². The lowest BCUT2D eigenvalue weighted by atomic mass is 10.1. The minimum absolute atomic E-state index is 0.354. The molecule has 0 saturated carbocycles. The largest absolute Gasteiger partial charge is 0.327 e. The second-order valence-corrected chi connectivity index (χ2v) is 4.12. The molecule has 1 unspecified atom stereocenters. The van der Waals surface area contributed by atoms with Crippen LogP contribution in [0.15, 0.2) is 12.3 Å². The van der Waals surface area contributed by atoms with Gasteiger partial charge in [-0.25, -0.2) is 0 Å². The lowest BCUT2D eigenvalue weighted by molar-refractivity contribution is 0.199. The number of likely N-dealkylation sites (tertiary alicyclic amines) is 1. The van der Waals surface area contributed by atoms with Crippen LogP contribution < -0.4 is 5.73 Å². The zero-order valence-electron chi connectivity index (χ0n) is 8.69. The van der Waals surface area contributed by atoms with E-state index < -0.39 is 0 Å². The molecule has 2 N–H and O–H groups in total. The third kappa shape index (κ3) is 2.33. The number of hydrogen-bond donors (Lipinski definition) is 1. The van der Waals surface area contributed by atoms with E-state index in [1.807, 2.05) is 17.9 Å². The van der Waals surface area contributed by atoms with Crippen LogP contribution in [-0.4, -0.2) is 33.8 Å². The number of piperidine rings is 1. The fourth-order valence-electron chi connectivity index (χ4n) is 2.01. The molecule has 14 heavy (non-hydrogen) atoms. The molecule has 4 heteroatoms. The molecular weight excluding hydrogens is 176 g/mol. The van der Waals surface area contributed by atoms with Crippen LogP contribution in [0.2, 0.25) is 0 Å². The van der Waals surface area contributed by atoms with E-state index in [-0.39, 0.29) is 0 Å². The Bertz CT molecular complexity index is 294. The third-order valence-electron chi connectivity index (χ3n) is 2.70. The summed E-state index contributed by atoms with van der Waals surface area (Å²) in [7, 11) is 1.95. The van der Waals surface area contributed by atoms with E-state index in [0.29, 0.717) is 6.04 Å². The third-order valence-corrected chi connectivity index (χ3v) is 2.70. The zero-order valence-corrected chi connectivity index (χ0v) is 8.69. The van der Waals surface area contributed by atoms with E-state index in [2.05, 4.69) is 16.1 Å². The Morgan fingerprint density at radius 3 is 3.14 bits per heavy atom. The van der Waals surface area contributed by atoms with Gasteiger partial charge in [0.25, 0.3) is 0 Å². The predicted octanol–water partition coefficient (Wildman–Crippen LogP) is 0.343. The normalized spacial score (nSPS) is 24.0. The molecule has 1 atom stereocenters. The van der Waals surface area contributed by atoms with Crippen LogP contribution >= 0.6 is 0 Å². The molecule has 1 fully saturated rings. The maximum Gasteiger partial charge on any atom is 0.0764 e. The smallest absolute Gasteiger partial charge is 0.0764 e. The highest BCUT2D eigenvalue weighted by Crippen LogP contribution is 2.11. The summed E-state index contributed by atoms with van der Waals surface area (Å²) >= 11 is 0. The fourth-order valence-corrected chi connectivity index (χ4v) is 2.01. The number of nitrogens with two attached hydrogens (primary N) is 1. The lowest BCUT2D eigenvalue weighted by Crippen LogP contribution is -2.42. The first-order valence-corrected chi connectivity index (χ1v) is 5.20. The summed E-state index contributed by atoms with van der Waals surface area (Å²) in [6, 6.07) is 2.42. The van der Waals surface area contributed by atoms with Gasteiger partial charge in [0.2, 0.25) is 0 Å². The molecule has 0 bridgehead atoms. The van der Waals surface area contributed by atoms with Crippen LogP contribution in [-0.2, 0) is 13.6 Å². The second-order valence-electron chi connectivity index (χ2n) is 4.12. The first-order chi connectivity index (χ1) is 6.74. The van der Waals surface area contributed by atoms with Crippen molar-refractivity contribution in [1.29, 1.82) is 0 Å². The fraction of sp³-hybridized carbons (Fsp3) is 0.700. The number of rotatable bonds is 2. The van der Waals surface area contributed by atoms with Gasteiger partial charge in [0.05, 0.1) is 5.69 Å². The second kappa shape index (κ2) is 4.11. The molecule has 1 aromatic heterocycles. The van der Waals surface area contributed by atoms with Gasteiger partial charge in [0.15, 0.2) is 0 Å². The molecule has 1 aliphatic rings. The van der Waals surface area contributed by atoms with Gasteiger partial charge in [0.1, 0.15) is 0 Å². The quantitative estimate of drug-likeness (QED) is 0.738. The first-order valence-electron chi connectivity index (χ1n) is 5.20. The highest BCUT2D eigenvalue weighted by Gasteiger charge is 2.16. The molecular formula is C10H18N4. The van der Waals surface area contributed by atoms with Crippen molar-refractivity contribution >= 4 is 0 Å². The Kier molecular flexibility index (Phi) is 2.84. The zero-order chi connectivity index (χ0) is 9.97. The SMILES string of the molecule is Cn1ccc(CN2CCCC(N)C2)n1. The van der Waals surface area contributed by atoms with Crippen molar-refractivity contribution in [2.75, 3.05) is 13.1 Å². The van der Waals surface area contributed by atoms with E-state index in [1.165, 1.54) is 12.8 Å². The topological polar surface area (TPSA) is 47.1 Å². The van der Waals surface area contributed by atoms with Crippen molar-refractivity contribution in [3.8, 4) is 0 Å². The molecule has 0 spiro atoms. The standard InChI is InChI=1S/C10H18N4/c1-13-6-4-10(12-13)8-14-5-2-3-9(11)7-14/h4,6,9H,2-3,5,7-8,11H2,1H3. The van der Waals surface area contributed by atoms with Crippen molar-refractivity contribution in [3.05, 3.63) is 18.0 Å². The van der Waals surface area contributed by atoms with Crippen LogP contribution in [0, 0.1) is 0 Å². The Morgan fingerprint density at radius 2 is 2.50 bits per heavy atom. The summed E-state index contributed by atoms with van der Waals surface area (Å²) in [5, 5.41) is 4.36. The van der Waals surface area contributed by atoms with Crippen LogP contribution in [0.1, 0.15) is 18.5 Å². The minimum atomic E-state index is 0.354. The summed E-state index contributed by atoms with van der Waals surface area (Å²) in [6.07, 6.45) is 4.37. The van der Waals surface area contributed by atoms with E-state index in [9.17, 15) is 0 Å². The van der Waals surface area contributed by atoms with Gasteiger partial charge in [-0.2, -0.15) is 5.10 Å². The monoisotopic (exact) mass is 194 g/mol. The lowest BCUT2D eigenvalue weighted by Gasteiger charge is -2.29. The van der Waals surface area contributed by atoms with Crippen molar-refractivity contribution in [1.82, 2.24) is 14.7 Å². The van der Waals surface area contributed by atoms with E-state index >= 15 is 0 Å². The molecule has 0 radical (unpaired) electrons. The number of hydrogen-bond acceptors (Lipinski definition) is 3. The molecule has 78 valence electrons. The van der Waals surface area contributed by atoms with E-state index in [1.54, 1.807) is 0 Å². The number of aromatic nitrogens is 2. The van der Waals surface area contributed by atoms with E-state index in [0.717, 1.165) is 25.3 Å². The Morgan fingerprint density at radius 1 is 1.64 bits per heavy atom. The van der Waals surface area contributed by atoms with Crippen molar-refractivity contribution in [3.63, 3.8) is 0 Å². The Balaban J connectivity index is 1.90. The minimum Gasteiger partial charge on any atom is -0.327 e. The molecule has 0 amide bonds. The van der Waals surface area contributed by atoms with Crippen LogP contribution in [0.4, 0.5) is 0 Å². The summed E-state index contributed by atoms with van der Waals surface area (Å²) in [5.41, 5.74) is 7.06. The van der Waals surface area contributed by atoms with Crippen molar-refractivity contribution < 1.29 is 0 Å². The molecule has 1 aromatic rings. The Labute approximate surface area is 84.7 Å². The van der Waals surface area contributed by atoms with Crippen LogP contribution in [0.25, 0.3) is 0 Å². The van der Waals surface area contributed by atoms with Gasteiger partial charge in [-0.15, -0.1) is 0 Å². The maximum atomic E-state index is 5.92. The maximum absolute atomic E-state index is 5.92. The molecule has 1 aliphatic heterocycles. The van der Waals surface area contributed by atoms with Crippen LogP contribution in [0.3, 0.4) is 0 Å². The highest BCUT2D eigenvalue weighted by molar-refractivity contribution is 4.98. The number of aryl methyl sites for hydroxylation is 1. The molecule has 0 aliphatic carbocycles. The van der Waals surface area contributed by atoms with Gasteiger partial charge in [-0.3, -0.25) is 9.58 Å². The first kappa shape index (κ1) is 9.68. The van der Waals surface area contributed by atoms with Gasteiger partial charge in [-0.1, -0.05) is 0 Å². The van der Waals surface area contributed by atoms with Crippen molar-refractivity contribution in [2.45, 2.75) is 25.4 Å². The van der Waals surface area contributed by atoms with Crippen molar-refractivity contribution in [2.24, 2.45) is 12.8 Å². The van der Waals surface area contributed by atoms with Gasteiger partial charge in [-0.05, 0) is 25.5 Å². The molecule has 2 rings (SSSR count). The average Bonchev–Trinajstić information content (AvgIpc) is 2.51. The summed E-state index contributed by atoms with van der Waals surface area (Å²) in [6.45, 7) is 3.11. The molecule has 4 nitrogen and oxygen atoms in total.